The van der Waals surface area contributed by atoms with Gasteiger partial charge >= 0.3 is 0 Å². The van der Waals surface area contributed by atoms with Crippen molar-refractivity contribution in [3.63, 3.8) is 0 Å². The zero-order valence-electron chi connectivity index (χ0n) is 14.5. The largest absolute Gasteiger partial charge is 0.299 e. The second-order valence-electron chi connectivity index (χ2n) is 7.11. The highest BCUT2D eigenvalue weighted by Gasteiger charge is 2.27. The van der Waals surface area contributed by atoms with Crippen LogP contribution in [0.25, 0.3) is 10.2 Å². The zero-order valence-corrected chi connectivity index (χ0v) is 16.2. The molecule has 0 aliphatic heterocycles. The van der Waals surface area contributed by atoms with Gasteiger partial charge in [-0.3, -0.25) is 4.79 Å². The maximum atomic E-state index is 12.1. The number of nitrogens with zero attached hydrogens (tertiary/aromatic N) is 1. The summed E-state index contributed by atoms with van der Waals surface area (Å²) in [6, 6.07) is 5.93. The average Bonchev–Trinajstić information content (AvgIpc) is 2.93. The Morgan fingerprint density at radius 1 is 1.17 bits per heavy atom. The number of fused-ring (bicyclic) bond motifs is 1. The normalized spacial score (nSPS) is 12.6. The van der Waals surface area contributed by atoms with Gasteiger partial charge in [-0.15, -0.1) is 11.3 Å². The van der Waals surface area contributed by atoms with Crippen molar-refractivity contribution in [1.29, 1.82) is 0 Å². The predicted molar refractivity (Wildman–Crippen MR) is 100 cm³/mol. The SMILES string of the molecule is CC(C)(C)S(=O)(=O)CCCCCC(=O)Cc1ccc2ncsc2c1. The summed E-state index contributed by atoms with van der Waals surface area (Å²) in [4.78, 5) is 16.3. The van der Waals surface area contributed by atoms with Gasteiger partial charge in [0.25, 0.3) is 0 Å². The van der Waals surface area contributed by atoms with Gasteiger partial charge < -0.3 is 0 Å². The van der Waals surface area contributed by atoms with Gasteiger partial charge in [0.2, 0.25) is 0 Å². The fraction of sp³-hybridized carbons (Fsp3) is 0.556. The first-order chi connectivity index (χ1) is 11.2. The lowest BCUT2D eigenvalue weighted by Crippen LogP contribution is -2.30. The van der Waals surface area contributed by atoms with Crippen LogP contribution in [0.2, 0.25) is 0 Å². The Morgan fingerprint density at radius 3 is 2.62 bits per heavy atom. The molecule has 0 saturated carbocycles. The Morgan fingerprint density at radius 2 is 1.92 bits per heavy atom. The van der Waals surface area contributed by atoms with E-state index in [2.05, 4.69) is 4.98 Å². The Kier molecular flexibility index (Phi) is 6.15. The molecule has 0 amide bonds. The number of hydrogen-bond donors (Lipinski definition) is 0. The molecule has 0 fully saturated rings. The molecule has 0 radical (unpaired) electrons. The molecule has 132 valence electrons. The summed E-state index contributed by atoms with van der Waals surface area (Å²) in [6.07, 6.45) is 3.10. The van der Waals surface area contributed by atoms with E-state index in [4.69, 9.17) is 0 Å². The molecule has 0 aliphatic rings. The molecule has 2 rings (SSSR count). The molecule has 0 saturated heterocycles. The number of Topliss-reactive ketones (excluding diaryl/α,β-unsaturated/α-hetero) is 1. The number of rotatable bonds is 8. The van der Waals surface area contributed by atoms with Crippen LogP contribution < -0.4 is 0 Å². The quantitative estimate of drug-likeness (QED) is 0.657. The van der Waals surface area contributed by atoms with Crippen LogP contribution in [0.4, 0.5) is 0 Å². The Balaban J connectivity index is 1.72. The number of aromatic nitrogens is 1. The minimum absolute atomic E-state index is 0.201. The number of carbonyl (C=O) groups excluding carboxylic acids is 1. The number of sulfone groups is 1. The van der Waals surface area contributed by atoms with E-state index < -0.39 is 14.6 Å². The van der Waals surface area contributed by atoms with E-state index >= 15 is 0 Å². The molecular weight excluding hydrogens is 342 g/mol. The third-order valence-electron chi connectivity index (χ3n) is 4.10. The fourth-order valence-electron chi connectivity index (χ4n) is 2.42. The van der Waals surface area contributed by atoms with Crippen molar-refractivity contribution in [3.8, 4) is 0 Å². The number of benzene rings is 1. The zero-order chi connectivity index (χ0) is 17.8. The van der Waals surface area contributed by atoms with Crippen LogP contribution in [0.5, 0.6) is 0 Å². The number of hydrogen-bond acceptors (Lipinski definition) is 5. The molecule has 6 heteroatoms. The van der Waals surface area contributed by atoms with Gasteiger partial charge in [0.15, 0.2) is 9.84 Å². The third kappa shape index (κ3) is 5.11. The Labute approximate surface area is 148 Å². The van der Waals surface area contributed by atoms with Crippen molar-refractivity contribution in [2.24, 2.45) is 0 Å². The van der Waals surface area contributed by atoms with Crippen molar-refractivity contribution in [2.45, 2.75) is 57.6 Å². The first-order valence-corrected chi connectivity index (χ1v) is 10.8. The summed E-state index contributed by atoms with van der Waals surface area (Å²) in [6.45, 7) is 5.18. The van der Waals surface area contributed by atoms with Crippen LogP contribution in [0.3, 0.4) is 0 Å². The lowest BCUT2D eigenvalue weighted by molar-refractivity contribution is -0.118. The van der Waals surface area contributed by atoms with Crippen molar-refractivity contribution in [3.05, 3.63) is 29.3 Å². The number of unbranched alkanes of at least 4 members (excludes halogenated alkanes) is 2. The van der Waals surface area contributed by atoms with Gasteiger partial charge in [0.1, 0.15) is 5.78 Å². The van der Waals surface area contributed by atoms with Crippen molar-refractivity contribution in [1.82, 2.24) is 4.98 Å². The maximum absolute atomic E-state index is 12.1. The van der Waals surface area contributed by atoms with Crippen LogP contribution in [-0.4, -0.2) is 29.7 Å². The van der Waals surface area contributed by atoms with E-state index in [1.807, 2.05) is 23.7 Å². The summed E-state index contributed by atoms with van der Waals surface area (Å²) >= 11 is 1.58. The van der Waals surface area contributed by atoms with Gasteiger partial charge in [0.05, 0.1) is 26.2 Å². The molecule has 0 spiro atoms. The molecule has 24 heavy (non-hydrogen) atoms. The summed E-state index contributed by atoms with van der Waals surface area (Å²) < 4.78 is 24.4. The fourth-order valence-corrected chi connectivity index (χ4v) is 4.36. The summed E-state index contributed by atoms with van der Waals surface area (Å²) in [5.74, 6) is 0.407. The molecular formula is C18H25NO3S2. The highest BCUT2D eigenvalue weighted by Crippen LogP contribution is 2.20. The molecule has 0 aliphatic carbocycles. The first-order valence-electron chi connectivity index (χ1n) is 8.25. The lowest BCUT2D eigenvalue weighted by Gasteiger charge is -2.18. The van der Waals surface area contributed by atoms with E-state index in [0.717, 1.165) is 28.6 Å². The first kappa shape index (κ1) is 19.1. The minimum Gasteiger partial charge on any atom is -0.299 e. The van der Waals surface area contributed by atoms with Gasteiger partial charge in [-0.05, 0) is 51.3 Å². The molecule has 1 aromatic carbocycles. The van der Waals surface area contributed by atoms with Crippen LogP contribution in [0, 0.1) is 0 Å². The Bertz CT molecular complexity index is 801. The second-order valence-corrected chi connectivity index (χ2v) is 10.9. The second kappa shape index (κ2) is 7.74. The molecule has 0 bridgehead atoms. The van der Waals surface area contributed by atoms with E-state index in [0.29, 0.717) is 19.3 Å². The topological polar surface area (TPSA) is 64.1 Å². The molecule has 2 aromatic rings. The molecule has 0 atom stereocenters. The lowest BCUT2D eigenvalue weighted by atomic mass is 10.0. The van der Waals surface area contributed by atoms with E-state index in [1.165, 1.54) is 0 Å². The van der Waals surface area contributed by atoms with Crippen molar-refractivity contribution in [2.75, 3.05) is 5.75 Å². The van der Waals surface area contributed by atoms with Crippen molar-refractivity contribution >= 4 is 37.2 Å². The van der Waals surface area contributed by atoms with Gasteiger partial charge in [-0.1, -0.05) is 12.5 Å². The van der Waals surface area contributed by atoms with Crippen molar-refractivity contribution < 1.29 is 13.2 Å². The number of carbonyl (C=O) groups is 1. The third-order valence-corrected chi connectivity index (χ3v) is 7.58. The van der Waals surface area contributed by atoms with Crippen LogP contribution in [0.15, 0.2) is 23.7 Å². The van der Waals surface area contributed by atoms with E-state index in [-0.39, 0.29) is 11.5 Å². The summed E-state index contributed by atoms with van der Waals surface area (Å²) in [5, 5.41) is 0. The monoisotopic (exact) mass is 367 g/mol. The maximum Gasteiger partial charge on any atom is 0.155 e. The van der Waals surface area contributed by atoms with Crippen LogP contribution in [0.1, 0.15) is 52.0 Å². The molecule has 0 N–H and O–H groups in total. The average molecular weight is 368 g/mol. The van der Waals surface area contributed by atoms with Crippen LogP contribution >= 0.6 is 11.3 Å². The van der Waals surface area contributed by atoms with E-state index in [1.54, 1.807) is 32.1 Å². The van der Waals surface area contributed by atoms with Gasteiger partial charge in [0, 0.05) is 12.8 Å². The molecule has 1 heterocycles. The number of ketones is 1. The number of thiazole rings is 1. The standard InChI is InChI=1S/C18H25NO3S2/c1-18(2,3)24(21,22)10-6-4-5-7-15(20)11-14-8-9-16-17(12-14)23-13-19-16/h8-9,12-13H,4-7,10-11H2,1-3H3. The summed E-state index contributed by atoms with van der Waals surface area (Å²) in [7, 11) is -3.05. The Hall–Kier alpha value is -1.27. The van der Waals surface area contributed by atoms with Crippen LogP contribution in [-0.2, 0) is 21.1 Å². The predicted octanol–water partition coefficient (Wildman–Crippen LogP) is 4.18. The highest BCUT2D eigenvalue weighted by molar-refractivity contribution is 7.92. The molecule has 1 aromatic heterocycles. The molecule has 4 nitrogen and oxygen atoms in total. The summed E-state index contributed by atoms with van der Waals surface area (Å²) in [5.41, 5.74) is 3.80. The van der Waals surface area contributed by atoms with E-state index in [9.17, 15) is 13.2 Å². The van der Waals surface area contributed by atoms with Gasteiger partial charge in [-0.2, -0.15) is 0 Å². The van der Waals surface area contributed by atoms with Gasteiger partial charge in [-0.25, -0.2) is 13.4 Å². The molecule has 0 unspecified atom stereocenters. The minimum atomic E-state index is -3.05. The smallest absolute Gasteiger partial charge is 0.155 e. The highest BCUT2D eigenvalue weighted by atomic mass is 32.2.